The molecule has 42 heavy (non-hydrogen) atoms. The van der Waals surface area contributed by atoms with Gasteiger partial charge in [-0.3, -0.25) is 0 Å². The molecule has 0 unspecified atom stereocenters. The maximum atomic E-state index is 5.78. The number of hydrogen-bond donors (Lipinski definition) is 0. The molecule has 0 atom stereocenters. The fourth-order valence-corrected chi connectivity index (χ4v) is 4.81. The first-order valence-electron chi connectivity index (χ1n) is 14.7. The minimum atomic E-state index is 0.585. The quantitative estimate of drug-likeness (QED) is 0.231. The summed E-state index contributed by atoms with van der Waals surface area (Å²) in [6.45, 7) is 6.40. The Balaban J connectivity index is 1.22. The van der Waals surface area contributed by atoms with Gasteiger partial charge in [0.15, 0.2) is 0 Å². The van der Waals surface area contributed by atoms with Crippen LogP contribution in [0, 0.1) is 0 Å². The van der Waals surface area contributed by atoms with Crippen molar-refractivity contribution in [3.05, 3.63) is 120 Å². The van der Waals surface area contributed by atoms with Crippen molar-refractivity contribution in [3.63, 3.8) is 0 Å². The topological polar surface area (TPSA) is 43.4 Å². The van der Waals surface area contributed by atoms with Crippen molar-refractivity contribution in [3.8, 4) is 0 Å². The molecule has 4 aromatic rings. The predicted octanol–water partition coefficient (Wildman–Crippen LogP) is 7.21. The number of para-hydroxylation sites is 2. The van der Waals surface area contributed by atoms with Gasteiger partial charge in [0.05, 0.1) is 52.9 Å². The second kappa shape index (κ2) is 16.5. The van der Waals surface area contributed by atoms with E-state index < -0.39 is 0 Å². The molecule has 4 aromatic carbocycles. The summed E-state index contributed by atoms with van der Waals surface area (Å²) in [5, 5.41) is 0. The van der Waals surface area contributed by atoms with Crippen molar-refractivity contribution in [2.45, 2.75) is 0 Å². The van der Waals surface area contributed by atoms with Crippen LogP contribution < -0.4 is 9.80 Å². The number of benzene rings is 4. The van der Waals surface area contributed by atoms with Crippen LogP contribution in [-0.4, -0.2) is 65.9 Å². The lowest BCUT2D eigenvalue weighted by Gasteiger charge is -2.25. The molecule has 5 rings (SSSR count). The standard InChI is InChI=1S/C36H40N2O4/c1-3-7-34(8-4-1)38(35-9-5-2-6-10-35)36-19-15-32(16-20-36)12-11-31-13-17-33(18-14-31)37-21-23-39-25-27-41-29-30-42-28-26-40-24-22-37/h1-20H,21-30H2/b12-11+. The van der Waals surface area contributed by atoms with Gasteiger partial charge in [0.25, 0.3) is 0 Å². The molecule has 0 spiro atoms. The van der Waals surface area contributed by atoms with E-state index in [9.17, 15) is 0 Å². The smallest absolute Gasteiger partial charge is 0.0701 e. The van der Waals surface area contributed by atoms with Gasteiger partial charge < -0.3 is 28.7 Å². The zero-order chi connectivity index (χ0) is 28.7. The van der Waals surface area contributed by atoms with Gasteiger partial charge in [-0.25, -0.2) is 0 Å². The van der Waals surface area contributed by atoms with Crippen LogP contribution in [0.15, 0.2) is 109 Å². The van der Waals surface area contributed by atoms with Crippen molar-refractivity contribution in [2.24, 2.45) is 0 Å². The number of ether oxygens (including phenoxy) is 4. The van der Waals surface area contributed by atoms with Crippen LogP contribution in [0.25, 0.3) is 12.2 Å². The van der Waals surface area contributed by atoms with Crippen molar-refractivity contribution >= 4 is 34.9 Å². The van der Waals surface area contributed by atoms with Crippen LogP contribution in [0.1, 0.15) is 11.1 Å². The predicted molar refractivity (Wildman–Crippen MR) is 172 cm³/mol. The summed E-state index contributed by atoms with van der Waals surface area (Å²) in [7, 11) is 0. The zero-order valence-electron chi connectivity index (χ0n) is 24.1. The highest BCUT2D eigenvalue weighted by atomic mass is 16.6. The minimum Gasteiger partial charge on any atom is -0.377 e. The van der Waals surface area contributed by atoms with E-state index in [2.05, 4.69) is 119 Å². The second-order valence-electron chi connectivity index (χ2n) is 9.96. The Morgan fingerprint density at radius 1 is 0.429 bits per heavy atom. The Bertz CT molecular complexity index is 1270. The summed E-state index contributed by atoms with van der Waals surface area (Å²) in [5.74, 6) is 0. The van der Waals surface area contributed by atoms with Gasteiger partial charge in [-0.15, -0.1) is 0 Å². The molecule has 0 radical (unpaired) electrons. The molecule has 218 valence electrons. The molecule has 6 nitrogen and oxygen atoms in total. The molecular formula is C36H40N2O4. The highest BCUT2D eigenvalue weighted by Gasteiger charge is 2.11. The summed E-state index contributed by atoms with van der Waals surface area (Å²) >= 11 is 0. The first kappa shape index (κ1) is 29.5. The van der Waals surface area contributed by atoms with E-state index in [0.29, 0.717) is 52.9 Å². The molecule has 0 saturated carbocycles. The zero-order valence-corrected chi connectivity index (χ0v) is 24.1. The largest absolute Gasteiger partial charge is 0.377 e. The van der Waals surface area contributed by atoms with E-state index in [1.807, 2.05) is 12.1 Å². The average molecular weight is 565 g/mol. The van der Waals surface area contributed by atoms with Crippen LogP contribution in [-0.2, 0) is 18.9 Å². The first-order chi connectivity index (χ1) is 20.9. The highest BCUT2D eigenvalue weighted by Crippen LogP contribution is 2.34. The fourth-order valence-electron chi connectivity index (χ4n) is 4.81. The van der Waals surface area contributed by atoms with Gasteiger partial charge >= 0.3 is 0 Å². The summed E-state index contributed by atoms with van der Waals surface area (Å²) in [5.41, 5.74) is 6.84. The molecule has 1 aliphatic rings. The maximum absolute atomic E-state index is 5.78. The SMILES string of the molecule is C(=C\c1ccc(N(c2ccccc2)c2ccccc2)cc1)/c1ccc(N2CCOCCOCCOCCOCC2)cc1. The Morgan fingerprint density at radius 2 is 0.810 bits per heavy atom. The summed E-state index contributed by atoms with van der Waals surface area (Å²) in [6, 6.07) is 38.3. The normalized spacial score (nSPS) is 16.0. The lowest BCUT2D eigenvalue weighted by atomic mass is 10.1. The molecule has 0 N–H and O–H groups in total. The molecule has 6 heteroatoms. The number of hydrogen-bond acceptors (Lipinski definition) is 6. The maximum Gasteiger partial charge on any atom is 0.0701 e. The van der Waals surface area contributed by atoms with Crippen LogP contribution in [0.5, 0.6) is 0 Å². The number of nitrogens with zero attached hydrogens (tertiary/aromatic N) is 2. The second-order valence-corrected chi connectivity index (χ2v) is 9.96. The van der Waals surface area contributed by atoms with Gasteiger partial charge in [-0.1, -0.05) is 72.8 Å². The third-order valence-electron chi connectivity index (χ3n) is 7.03. The highest BCUT2D eigenvalue weighted by molar-refractivity contribution is 5.78. The Kier molecular flexibility index (Phi) is 11.6. The monoisotopic (exact) mass is 564 g/mol. The average Bonchev–Trinajstić information content (AvgIpc) is 3.06. The molecule has 0 amide bonds. The van der Waals surface area contributed by atoms with Crippen LogP contribution >= 0.6 is 0 Å². The number of rotatable bonds is 6. The molecule has 1 aliphatic heterocycles. The van der Waals surface area contributed by atoms with E-state index in [1.54, 1.807) is 0 Å². The third kappa shape index (κ3) is 9.03. The van der Waals surface area contributed by atoms with Crippen molar-refractivity contribution in [1.29, 1.82) is 0 Å². The van der Waals surface area contributed by atoms with Gasteiger partial charge in [0.2, 0.25) is 0 Å². The van der Waals surface area contributed by atoms with Gasteiger partial charge in [0.1, 0.15) is 0 Å². The lowest BCUT2D eigenvalue weighted by molar-refractivity contribution is 0.00206. The number of anilines is 4. The summed E-state index contributed by atoms with van der Waals surface area (Å²) < 4.78 is 22.6. The Hall–Kier alpha value is -3.94. The van der Waals surface area contributed by atoms with E-state index in [0.717, 1.165) is 47.0 Å². The van der Waals surface area contributed by atoms with Crippen LogP contribution in [0.3, 0.4) is 0 Å². The van der Waals surface area contributed by atoms with Crippen molar-refractivity contribution in [2.75, 3.05) is 75.7 Å². The summed E-state index contributed by atoms with van der Waals surface area (Å²) in [4.78, 5) is 4.57. The lowest BCUT2D eigenvalue weighted by Crippen LogP contribution is -2.31. The first-order valence-corrected chi connectivity index (χ1v) is 14.7. The molecule has 0 aromatic heterocycles. The third-order valence-corrected chi connectivity index (χ3v) is 7.03. The molecule has 0 bridgehead atoms. The fraction of sp³-hybridized carbons (Fsp3) is 0.278. The molecule has 1 saturated heterocycles. The molecular weight excluding hydrogens is 524 g/mol. The van der Waals surface area contributed by atoms with Gasteiger partial charge in [-0.05, 0) is 59.7 Å². The van der Waals surface area contributed by atoms with E-state index >= 15 is 0 Å². The molecule has 1 heterocycles. The van der Waals surface area contributed by atoms with Crippen molar-refractivity contribution in [1.82, 2.24) is 0 Å². The van der Waals surface area contributed by atoms with E-state index in [4.69, 9.17) is 18.9 Å². The molecule has 0 aliphatic carbocycles. The Morgan fingerprint density at radius 3 is 1.26 bits per heavy atom. The van der Waals surface area contributed by atoms with Gasteiger partial charge in [-0.2, -0.15) is 0 Å². The summed E-state index contributed by atoms with van der Waals surface area (Å²) in [6.07, 6.45) is 4.31. The van der Waals surface area contributed by atoms with Crippen molar-refractivity contribution < 1.29 is 18.9 Å². The Labute approximate surface area is 249 Å². The van der Waals surface area contributed by atoms with Crippen LogP contribution in [0.2, 0.25) is 0 Å². The van der Waals surface area contributed by atoms with E-state index in [1.165, 1.54) is 0 Å². The molecule has 1 fully saturated rings. The van der Waals surface area contributed by atoms with Gasteiger partial charge in [0, 0.05) is 35.8 Å². The van der Waals surface area contributed by atoms with E-state index in [-0.39, 0.29) is 0 Å². The van der Waals surface area contributed by atoms with Crippen LogP contribution in [0.4, 0.5) is 22.7 Å². The minimum absolute atomic E-state index is 0.585.